The summed E-state index contributed by atoms with van der Waals surface area (Å²) in [5.74, 6) is 1.07. The normalized spacial score (nSPS) is 14.7. The second-order valence-corrected chi connectivity index (χ2v) is 6.91. The Morgan fingerprint density at radius 1 is 1.11 bits per heavy atom. The van der Waals surface area contributed by atoms with Gasteiger partial charge in [0.15, 0.2) is 5.82 Å². The predicted octanol–water partition coefficient (Wildman–Crippen LogP) is 5.85. The highest BCUT2D eigenvalue weighted by atomic mass is 79.9. The van der Waals surface area contributed by atoms with Crippen molar-refractivity contribution in [3.05, 3.63) is 43.0 Å². The van der Waals surface area contributed by atoms with Crippen LogP contribution in [0.5, 0.6) is 0 Å². The van der Waals surface area contributed by atoms with Gasteiger partial charge < -0.3 is 0 Å². The molecule has 0 N–H and O–H groups in total. The molecule has 2 aromatic rings. The third-order valence-corrected chi connectivity index (χ3v) is 5.06. The Kier molecular flexibility index (Phi) is 3.87. The molecule has 0 amide bonds. The van der Waals surface area contributed by atoms with Gasteiger partial charge in [-0.25, -0.2) is 9.97 Å². The van der Waals surface area contributed by atoms with Crippen LogP contribution in [0.1, 0.15) is 24.5 Å². The van der Waals surface area contributed by atoms with Crippen molar-refractivity contribution in [3.8, 4) is 11.4 Å². The molecule has 0 aliphatic heterocycles. The molecule has 2 nitrogen and oxygen atoms in total. The zero-order valence-electron chi connectivity index (χ0n) is 9.63. The molecule has 1 aromatic carbocycles. The van der Waals surface area contributed by atoms with E-state index in [4.69, 9.17) is 23.2 Å². The highest BCUT2D eigenvalue weighted by molar-refractivity contribution is 9.10. The van der Waals surface area contributed by atoms with Crippen LogP contribution in [-0.2, 0) is 0 Å². The summed E-state index contributed by atoms with van der Waals surface area (Å²) in [6.45, 7) is 0. The second kappa shape index (κ2) is 5.32. The summed E-state index contributed by atoms with van der Waals surface area (Å²) >= 11 is 19.3. The number of hydrogen-bond acceptors (Lipinski definition) is 2. The topological polar surface area (TPSA) is 25.8 Å². The molecule has 1 fully saturated rings. The molecule has 1 heterocycles. The molecule has 3 rings (SSSR count). The average molecular weight is 423 g/mol. The van der Waals surface area contributed by atoms with Gasteiger partial charge in [0.05, 0.1) is 15.2 Å². The predicted molar refractivity (Wildman–Crippen MR) is 84.9 cm³/mol. The molecule has 0 radical (unpaired) electrons. The SMILES string of the molecule is Clc1cc(Br)ccc1-c1nc(Cl)c(Br)c(C2CC2)n1. The standard InChI is InChI=1S/C13H8Br2Cl2N2/c14-7-3-4-8(9(16)5-7)13-18-11(6-1-2-6)10(15)12(17)19-13/h3-6H,1-2H2. The zero-order chi connectivity index (χ0) is 13.6. The number of aromatic nitrogens is 2. The van der Waals surface area contributed by atoms with Gasteiger partial charge in [-0.2, -0.15) is 0 Å². The molecule has 1 aliphatic carbocycles. The fourth-order valence-electron chi connectivity index (χ4n) is 1.85. The number of halogens is 4. The summed E-state index contributed by atoms with van der Waals surface area (Å²) in [5.41, 5.74) is 1.77. The maximum atomic E-state index is 6.24. The largest absolute Gasteiger partial charge is 0.231 e. The van der Waals surface area contributed by atoms with Crippen LogP contribution in [0.3, 0.4) is 0 Å². The summed E-state index contributed by atoms with van der Waals surface area (Å²) in [6, 6.07) is 5.63. The molecule has 0 unspecified atom stereocenters. The van der Waals surface area contributed by atoms with Crippen LogP contribution >= 0.6 is 55.1 Å². The lowest BCUT2D eigenvalue weighted by atomic mass is 10.2. The molecule has 1 aromatic heterocycles. The fourth-order valence-corrected chi connectivity index (χ4v) is 3.29. The molecule has 0 spiro atoms. The maximum Gasteiger partial charge on any atom is 0.162 e. The Morgan fingerprint density at radius 2 is 1.84 bits per heavy atom. The molecular formula is C13H8Br2Cl2N2. The van der Waals surface area contributed by atoms with E-state index in [0.29, 0.717) is 21.9 Å². The third kappa shape index (κ3) is 2.82. The van der Waals surface area contributed by atoms with Gasteiger partial charge in [0, 0.05) is 16.0 Å². The van der Waals surface area contributed by atoms with E-state index >= 15 is 0 Å². The minimum absolute atomic E-state index is 0.436. The van der Waals surface area contributed by atoms with Crippen LogP contribution in [0.25, 0.3) is 11.4 Å². The quantitative estimate of drug-likeness (QED) is 0.567. The Morgan fingerprint density at radius 3 is 2.47 bits per heavy atom. The van der Waals surface area contributed by atoms with Crippen LogP contribution in [-0.4, -0.2) is 9.97 Å². The Labute approximate surface area is 137 Å². The smallest absolute Gasteiger partial charge is 0.162 e. The molecule has 98 valence electrons. The van der Waals surface area contributed by atoms with Crippen molar-refractivity contribution in [1.82, 2.24) is 9.97 Å². The van der Waals surface area contributed by atoms with Gasteiger partial charge in [0.25, 0.3) is 0 Å². The van der Waals surface area contributed by atoms with Crippen molar-refractivity contribution in [1.29, 1.82) is 0 Å². The van der Waals surface area contributed by atoms with E-state index in [-0.39, 0.29) is 0 Å². The second-order valence-electron chi connectivity index (χ2n) is 4.44. The minimum atomic E-state index is 0.436. The maximum absolute atomic E-state index is 6.24. The monoisotopic (exact) mass is 420 g/mol. The molecule has 1 saturated carbocycles. The molecule has 1 aliphatic rings. The van der Waals surface area contributed by atoms with Gasteiger partial charge in [-0.3, -0.25) is 0 Å². The van der Waals surface area contributed by atoms with Crippen molar-refractivity contribution in [3.63, 3.8) is 0 Å². The van der Waals surface area contributed by atoms with Crippen molar-refractivity contribution < 1.29 is 0 Å². The van der Waals surface area contributed by atoms with E-state index in [1.54, 1.807) is 0 Å². The molecule has 19 heavy (non-hydrogen) atoms. The van der Waals surface area contributed by atoms with Crippen molar-refractivity contribution >= 4 is 55.1 Å². The van der Waals surface area contributed by atoms with Crippen LogP contribution in [0.15, 0.2) is 27.1 Å². The summed E-state index contributed by atoms with van der Waals surface area (Å²) in [5, 5.41) is 1.04. The Bertz CT molecular complexity index is 657. The molecule has 0 bridgehead atoms. The highest BCUT2D eigenvalue weighted by Crippen LogP contribution is 2.44. The lowest BCUT2D eigenvalue weighted by Gasteiger charge is -2.09. The minimum Gasteiger partial charge on any atom is -0.231 e. The number of hydrogen-bond donors (Lipinski definition) is 0. The summed E-state index contributed by atoms with van der Waals surface area (Å²) in [4.78, 5) is 8.93. The number of nitrogens with zero attached hydrogens (tertiary/aromatic N) is 2. The van der Waals surface area contributed by atoms with Crippen molar-refractivity contribution in [2.24, 2.45) is 0 Å². The van der Waals surface area contributed by atoms with E-state index < -0.39 is 0 Å². The highest BCUT2D eigenvalue weighted by Gasteiger charge is 2.29. The van der Waals surface area contributed by atoms with Gasteiger partial charge >= 0.3 is 0 Å². The number of benzene rings is 1. The van der Waals surface area contributed by atoms with Crippen molar-refractivity contribution in [2.45, 2.75) is 18.8 Å². The summed E-state index contributed by atoms with van der Waals surface area (Å²) in [6.07, 6.45) is 2.30. The van der Waals surface area contributed by atoms with Gasteiger partial charge in [0.1, 0.15) is 5.15 Å². The van der Waals surface area contributed by atoms with Gasteiger partial charge in [-0.15, -0.1) is 0 Å². The number of rotatable bonds is 2. The van der Waals surface area contributed by atoms with Gasteiger partial charge in [-0.1, -0.05) is 39.1 Å². The average Bonchev–Trinajstić information content (AvgIpc) is 3.17. The first-order valence-electron chi connectivity index (χ1n) is 5.74. The summed E-state index contributed by atoms with van der Waals surface area (Å²) < 4.78 is 1.72. The van der Waals surface area contributed by atoms with Gasteiger partial charge in [-0.05, 0) is 47.0 Å². The van der Waals surface area contributed by atoms with E-state index in [1.807, 2.05) is 18.2 Å². The van der Waals surface area contributed by atoms with Crippen LogP contribution in [0.4, 0.5) is 0 Å². The lowest BCUT2D eigenvalue weighted by Crippen LogP contribution is -1.97. The molecule has 0 saturated heterocycles. The molecular weight excluding hydrogens is 415 g/mol. The van der Waals surface area contributed by atoms with Crippen LogP contribution in [0, 0.1) is 0 Å². The van der Waals surface area contributed by atoms with Gasteiger partial charge in [0.2, 0.25) is 0 Å². The van der Waals surface area contributed by atoms with E-state index in [1.165, 1.54) is 0 Å². The fraction of sp³-hybridized carbons (Fsp3) is 0.231. The summed E-state index contributed by atoms with van der Waals surface area (Å²) in [7, 11) is 0. The van der Waals surface area contributed by atoms with Crippen molar-refractivity contribution in [2.75, 3.05) is 0 Å². The van der Waals surface area contributed by atoms with E-state index in [9.17, 15) is 0 Å². The Hall–Kier alpha value is -0.160. The van der Waals surface area contributed by atoms with Crippen LogP contribution < -0.4 is 0 Å². The van der Waals surface area contributed by atoms with E-state index in [0.717, 1.165) is 33.0 Å². The molecule has 6 heteroatoms. The third-order valence-electron chi connectivity index (χ3n) is 2.97. The lowest BCUT2D eigenvalue weighted by molar-refractivity contribution is 0.979. The van der Waals surface area contributed by atoms with E-state index in [2.05, 4.69) is 41.8 Å². The zero-order valence-corrected chi connectivity index (χ0v) is 14.3. The first kappa shape index (κ1) is 13.8. The Balaban J connectivity index is 2.14. The van der Waals surface area contributed by atoms with Crippen LogP contribution in [0.2, 0.25) is 10.2 Å². The first-order chi connectivity index (χ1) is 9.06. The molecule has 0 atom stereocenters. The first-order valence-corrected chi connectivity index (χ1v) is 8.09.